The van der Waals surface area contributed by atoms with Gasteiger partial charge in [-0.1, -0.05) is 6.92 Å². The minimum absolute atomic E-state index is 0.0176. The number of aromatic nitrogens is 2. The first-order chi connectivity index (χ1) is 8.00. The SMILES string of the molecule is CCC(C)(C)Nc1cc(NC)nc(COC)n1. The lowest BCUT2D eigenvalue weighted by molar-refractivity contribution is 0.178. The van der Waals surface area contributed by atoms with Crippen LogP contribution in [0.5, 0.6) is 0 Å². The van der Waals surface area contributed by atoms with E-state index in [1.165, 1.54) is 0 Å². The van der Waals surface area contributed by atoms with Gasteiger partial charge in [-0.15, -0.1) is 0 Å². The molecule has 1 rings (SSSR count). The molecule has 0 amide bonds. The Kier molecular flexibility index (Phi) is 4.69. The molecular weight excluding hydrogens is 216 g/mol. The Balaban J connectivity index is 2.94. The number of anilines is 2. The third-order valence-corrected chi connectivity index (χ3v) is 2.65. The van der Waals surface area contributed by atoms with Crippen LogP contribution in [0.3, 0.4) is 0 Å². The molecule has 96 valence electrons. The third kappa shape index (κ3) is 4.19. The van der Waals surface area contributed by atoms with E-state index in [0.717, 1.165) is 18.1 Å². The predicted molar refractivity (Wildman–Crippen MR) is 70.3 cm³/mol. The zero-order valence-electron chi connectivity index (χ0n) is 11.3. The highest BCUT2D eigenvalue weighted by Gasteiger charge is 2.16. The number of hydrogen-bond acceptors (Lipinski definition) is 5. The minimum Gasteiger partial charge on any atom is -0.377 e. The molecule has 0 aromatic carbocycles. The van der Waals surface area contributed by atoms with E-state index in [-0.39, 0.29) is 5.54 Å². The van der Waals surface area contributed by atoms with Crippen LogP contribution in [-0.4, -0.2) is 29.7 Å². The van der Waals surface area contributed by atoms with Gasteiger partial charge in [-0.25, -0.2) is 9.97 Å². The van der Waals surface area contributed by atoms with Crippen LogP contribution in [-0.2, 0) is 11.3 Å². The van der Waals surface area contributed by atoms with Gasteiger partial charge in [0.2, 0.25) is 0 Å². The second-order valence-electron chi connectivity index (χ2n) is 4.60. The first-order valence-electron chi connectivity index (χ1n) is 5.83. The van der Waals surface area contributed by atoms with Gasteiger partial charge in [0, 0.05) is 25.8 Å². The van der Waals surface area contributed by atoms with Crippen LogP contribution in [0.2, 0.25) is 0 Å². The summed E-state index contributed by atoms with van der Waals surface area (Å²) in [6.45, 7) is 6.84. The van der Waals surface area contributed by atoms with Crippen molar-refractivity contribution in [3.63, 3.8) is 0 Å². The quantitative estimate of drug-likeness (QED) is 0.796. The van der Waals surface area contributed by atoms with Crippen molar-refractivity contribution >= 4 is 11.6 Å². The Morgan fingerprint density at radius 1 is 1.29 bits per heavy atom. The van der Waals surface area contributed by atoms with Crippen LogP contribution in [0.1, 0.15) is 33.0 Å². The fourth-order valence-electron chi connectivity index (χ4n) is 1.32. The topological polar surface area (TPSA) is 59.1 Å². The standard InChI is InChI=1S/C12H22N4O/c1-6-12(2,3)16-10-7-9(13-4)14-11(15-10)8-17-5/h7H,6,8H2,1-5H3,(H2,13,14,15,16). The maximum Gasteiger partial charge on any atom is 0.158 e. The molecule has 1 aromatic heterocycles. The summed E-state index contributed by atoms with van der Waals surface area (Å²) in [6, 6.07) is 1.90. The molecule has 1 aromatic rings. The summed E-state index contributed by atoms with van der Waals surface area (Å²) >= 11 is 0. The average Bonchev–Trinajstić information content (AvgIpc) is 2.28. The van der Waals surface area contributed by atoms with Crippen LogP contribution >= 0.6 is 0 Å². The Hall–Kier alpha value is -1.36. The molecule has 17 heavy (non-hydrogen) atoms. The van der Waals surface area contributed by atoms with Gasteiger partial charge in [0.05, 0.1) is 0 Å². The van der Waals surface area contributed by atoms with Crippen molar-refractivity contribution in [2.24, 2.45) is 0 Å². The number of hydrogen-bond donors (Lipinski definition) is 2. The molecule has 0 spiro atoms. The fourth-order valence-corrected chi connectivity index (χ4v) is 1.32. The second-order valence-corrected chi connectivity index (χ2v) is 4.60. The Bertz CT molecular complexity index is 366. The average molecular weight is 238 g/mol. The number of ether oxygens (including phenoxy) is 1. The molecule has 0 radical (unpaired) electrons. The number of nitrogens with one attached hydrogen (secondary N) is 2. The largest absolute Gasteiger partial charge is 0.377 e. The van der Waals surface area contributed by atoms with Crippen LogP contribution in [0, 0.1) is 0 Å². The van der Waals surface area contributed by atoms with Crippen molar-refractivity contribution in [1.29, 1.82) is 0 Å². The maximum absolute atomic E-state index is 5.06. The predicted octanol–water partition coefficient (Wildman–Crippen LogP) is 2.27. The molecule has 0 saturated carbocycles. The molecule has 0 unspecified atom stereocenters. The van der Waals surface area contributed by atoms with E-state index < -0.39 is 0 Å². The molecule has 5 heteroatoms. The first kappa shape index (κ1) is 13.7. The van der Waals surface area contributed by atoms with Crippen LogP contribution in [0.4, 0.5) is 11.6 Å². The lowest BCUT2D eigenvalue weighted by atomic mass is 10.0. The smallest absolute Gasteiger partial charge is 0.158 e. The summed E-state index contributed by atoms with van der Waals surface area (Å²) in [6.07, 6.45) is 1.02. The van der Waals surface area contributed by atoms with Gasteiger partial charge in [0.25, 0.3) is 0 Å². The molecule has 0 aliphatic rings. The lowest BCUT2D eigenvalue weighted by Gasteiger charge is -2.25. The van der Waals surface area contributed by atoms with Gasteiger partial charge in [0.15, 0.2) is 5.82 Å². The summed E-state index contributed by atoms with van der Waals surface area (Å²) in [5.74, 6) is 2.29. The summed E-state index contributed by atoms with van der Waals surface area (Å²) in [4.78, 5) is 8.73. The van der Waals surface area contributed by atoms with E-state index in [2.05, 4.69) is 41.4 Å². The normalized spacial score (nSPS) is 11.4. The van der Waals surface area contributed by atoms with Crippen LogP contribution in [0.25, 0.3) is 0 Å². The van der Waals surface area contributed by atoms with E-state index in [9.17, 15) is 0 Å². The molecule has 0 fully saturated rings. The zero-order valence-corrected chi connectivity index (χ0v) is 11.3. The third-order valence-electron chi connectivity index (χ3n) is 2.65. The van der Waals surface area contributed by atoms with Crippen molar-refractivity contribution in [2.45, 2.75) is 39.3 Å². The molecule has 0 aliphatic carbocycles. The second kappa shape index (κ2) is 5.82. The van der Waals surface area contributed by atoms with E-state index in [1.54, 1.807) is 7.11 Å². The van der Waals surface area contributed by atoms with Gasteiger partial charge in [0.1, 0.15) is 18.2 Å². The molecule has 5 nitrogen and oxygen atoms in total. The summed E-state index contributed by atoms with van der Waals surface area (Å²) in [5.41, 5.74) is 0.0176. The van der Waals surface area contributed by atoms with E-state index in [1.807, 2.05) is 13.1 Å². The van der Waals surface area contributed by atoms with Gasteiger partial charge in [-0.2, -0.15) is 0 Å². The molecule has 0 atom stereocenters. The molecule has 0 aliphatic heterocycles. The van der Waals surface area contributed by atoms with Gasteiger partial charge in [-0.3, -0.25) is 0 Å². The van der Waals surface area contributed by atoms with Crippen LogP contribution < -0.4 is 10.6 Å². The lowest BCUT2D eigenvalue weighted by Crippen LogP contribution is -2.30. The molecule has 2 N–H and O–H groups in total. The summed E-state index contributed by atoms with van der Waals surface area (Å²) < 4.78 is 5.06. The fraction of sp³-hybridized carbons (Fsp3) is 0.667. The molecule has 0 bridgehead atoms. The molecule has 0 saturated heterocycles. The Labute approximate surface area is 103 Å². The molecule has 1 heterocycles. The van der Waals surface area contributed by atoms with Crippen molar-refractivity contribution in [3.8, 4) is 0 Å². The number of rotatable bonds is 6. The van der Waals surface area contributed by atoms with Gasteiger partial charge >= 0.3 is 0 Å². The Morgan fingerprint density at radius 3 is 2.47 bits per heavy atom. The van der Waals surface area contributed by atoms with Crippen molar-refractivity contribution < 1.29 is 4.74 Å². The minimum atomic E-state index is 0.0176. The maximum atomic E-state index is 5.06. The summed E-state index contributed by atoms with van der Waals surface area (Å²) in [7, 11) is 3.48. The highest BCUT2D eigenvalue weighted by molar-refractivity contribution is 5.48. The molecular formula is C12H22N4O. The van der Waals surface area contributed by atoms with Crippen molar-refractivity contribution in [2.75, 3.05) is 24.8 Å². The zero-order chi connectivity index (χ0) is 12.9. The summed E-state index contributed by atoms with van der Waals surface area (Å²) in [5, 5.41) is 6.42. The van der Waals surface area contributed by atoms with Gasteiger partial charge in [-0.05, 0) is 20.3 Å². The van der Waals surface area contributed by atoms with E-state index in [4.69, 9.17) is 4.74 Å². The van der Waals surface area contributed by atoms with E-state index >= 15 is 0 Å². The van der Waals surface area contributed by atoms with Gasteiger partial charge < -0.3 is 15.4 Å². The Morgan fingerprint density at radius 2 is 1.94 bits per heavy atom. The highest BCUT2D eigenvalue weighted by atomic mass is 16.5. The monoisotopic (exact) mass is 238 g/mol. The highest BCUT2D eigenvalue weighted by Crippen LogP contribution is 2.18. The van der Waals surface area contributed by atoms with Crippen molar-refractivity contribution in [1.82, 2.24) is 9.97 Å². The number of nitrogens with zero attached hydrogens (tertiary/aromatic N) is 2. The van der Waals surface area contributed by atoms with Crippen molar-refractivity contribution in [3.05, 3.63) is 11.9 Å². The van der Waals surface area contributed by atoms with Crippen LogP contribution in [0.15, 0.2) is 6.07 Å². The number of methoxy groups -OCH3 is 1. The van der Waals surface area contributed by atoms with E-state index in [0.29, 0.717) is 12.4 Å². The first-order valence-corrected chi connectivity index (χ1v) is 5.83.